The number of nitrogens with zero attached hydrogens (tertiary/aromatic N) is 2. The van der Waals surface area contributed by atoms with Gasteiger partial charge in [-0.25, -0.2) is 0 Å². The highest BCUT2D eigenvalue weighted by Crippen LogP contribution is 2.32. The maximum absolute atomic E-state index is 13.4. The van der Waals surface area contributed by atoms with E-state index in [2.05, 4.69) is 40.3 Å². The second-order valence-corrected chi connectivity index (χ2v) is 8.27. The molecule has 1 saturated heterocycles. The SMILES string of the molecule is COCCCn1cc(CN(C(=O)[C@H]2CNC[C@@H](COC)O2)C2CC2)c2ccccc21. The number of para-hydroxylation sites is 1. The average molecular weight is 416 g/mol. The summed E-state index contributed by atoms with van der Waals surface area (Å²) in [5.41, 5.74) is 2.41. The Labute approximate surface area is 178 Å². The predicted molar refractivity (Wildman–Crippen MR) is 115 cm³/mol. The summed E-state index contributed by atoms with van der Waals surface area (Å²) in [5.74, 6) is 0.0852. The minimum Gasteiger partial charge on any atom is -0.385 e. The molecule has 30 heavy (non-hydrogen) atoms. The van der Waals surface area contributed by atoms with Crippen molar-refractivity contribution >= 4 is 16.8 Å². The standard InChI is InChI=1S/C23H33N3O4/c1-28-11-5-10-25-14-17(20-6-3-4-7-21(20)25)15-26(18-8-9-18)23(27)22-13-24-12-19(30-22)16-29-2/h3-4,6-7,14,18-19,22,24H,5,8-13,15-16H2,1-2H3/t19-,22+/m0/s1. The van der Waals surface area contributed by atoms with Crippen LogP contribution in [0.2, 0.25) is 0 Å². The number of hydrogen-bond acceptors (Lipinski definition) is 5. The van der Waals surface area contributed by atoms with Crippen molar-refractivity contribution in [3.63, 3.8) is 0 Å². The molecule has 0 spiro atoms. The van der Waals surface area contributed by atoms with Gasteiger partial charge in [-0.3, -0.25) is 4.79 Å². The van der Waals surface area contributed by atoms with Crippen LogP contribution in [0, 0.1) is 0 Å². The van der Waals surface area contributed by atoms with E-state index in [4.69, 9.17) is 14.2 Å². The van der Waals surface area contributed by atoms with Gasteiger partial charge in [-0.15, -0.1) is 0 Å². The number of aryl methyl sites for hydroxylation is 1. The van der Waals surface area contributed by atoms with Crippen LogP contribution in [0.3, 0.4) is 0 Å². The first-order valence-corrected chi connectivity index (χ1v) is 10.9. The highest BCUT2D eigenvalue weighted by Gasteiger charge is 2.38. The van der Waals surface area contributed by atoms with Gasteiger partial charge in [0.1, 0.15) is 6.10 Å². The number of methoxy groups -OCH3 is 2. The Bertz CT molecular complexity index is 846. The number of nitrogens with one attached hydrogen (secondary N) is 1. The van der Waals surface area contributed by atoms with E-state index >= 15 is 0 Å². The van der Waals surface area contributed by atoms with Gasteiger partial charge in [-0.05, 0) is 30.9 Å². The number of hydrogen-bond donors (Lipinski definition) is 1. The van der Waals surface area contributed by atoms with Crippen molar-refractivity contribution in [3.05, 3.63) is 36.0 Å². The molecular weight excluding hydrogens is 382 g/mol. The number of aromatic nitrogens is 1. The van der Waals surface area contributed by atoms with E-state index in [0.29, 0.717) is 25.7 Å². The molecule has 7 nitrogen and oxygen atoms in total. The van der Waals surface area contributed by atoms with Gasteiger partial charge in [-0.2, -0.15) is 0 Å². The second-order valence-electron chi connectivity index (χ2n) is 8.27. The molecule has 0 bridgehead atoms. The lowest BCUT2D eigenvalue weighted by molar-refractivity contribution is -0.154. The fourth-order valence-electron chi connectivity index (χ4n) is 4.29. The van der Waals surface area contributed by atoms with Gasteiger partial charge in [-0.1, -0.05) is 18.2 Å². The van der Waals surface area contributed by atoms with Gasteiger partial charge < -0.3 is 29.0 Å². The molecular formula is C23H33N3O4. The highest BCUT2D eigenvalue weighted by atomic mass is 16.5. The third-order valence-electron chi connectivity index (χ3n) is 5.92. The van der Waals surface area contributed by atoms with Crippen LogP contribution >= 0.6 is 0 Å². The first-order valence-electron chi connectivity index (χ1n) is 10.9. The van der Waals surface area contributed by atoms with Gasteiger partial charge in [0.05, 0.1) is 12.7 Å². The summed E-state index contributed by atoms with van der Waals surface area (Å²) in [6.07, 6.45) is 4.77. The molecule has 2 aromatic rings. The van der Waals surface area contributed by atoms with Crippen LogP contribution < -0.4 is 5.32 Å². The Kier molecular flexibility index (Phi) is 7.04. The largest absolute Gasteiger partial charge is 0.385 e. The second kappa shape index (κ2) is 9.92. The highest BCUT2D eigenvalue weighted by molar-refractivity contribution is 5.86. The van der Waals surface area contributed by atoms with Crippen LogP contribution in [-0.4, -0.2) is 74.1 Å². The molecule has 2 heterocycles. The summed E-state index contributed by atoms with van der Waals surface area (Å²) in [6, 6.07) is 8.76. The molecule has 0 radical (unpaired) electrons. The van der Waals surface area contributed by atoms with Crippen molar-refractivity contribution in [1.82, 2.24) is 14.8 Å². The van der Waals surface area contributed by atoms with E-state index in [-0.39, 0.29) is 12.0 Å². The smallest absolute Gasteiger partial charge is 0.253 e. The van der Waals surface area contributed by atoms with Gasteiger partial charge >= 0.3 is 0 Å². The minimum absolute atomic E-state index is 0.0820. The predicted octanol–water partition coefficient (Wildman–Crippen LogP) is 2.17. The van der Waals surface area contributed by atoms with Crippen LogP contribution in [0.1, 0.15) is 24.8 Å². The molecule has 1 N–H and O–H groups in total. The summed E-state index contributed by atoms with van der Waals surface area (Å²) in [7, 11) is 3.39. The number of morpholine rings is 1. The summed E-state index contributed by atoms with van der Waals surface area (Å²) in [6.45, 7) is 4.03. The number of benzene rings is 1. The fraction of sp³-hybridized carbons (Fsp3) is 0.609. The number of carbonyl (C=O) groups excluding carboxylic acids is 1. The summed E-state index contributed by atoms with van der Waals surface area (Å²) in [4.78, 5) is 15.4. The summed E-state index contributed by atoms with van der Waals surface area (Å²) >= 11 is 0. The van der Waals surface area contributed by atoms with E-state index in [1.807, 2.05) is 4.90 Å². The Balaban J connectivity index is 1.52. The first-order chi connectivity index (χ1) is 14.7. The number of rotatable bonds is 10. The molecule has 1 aliphatic carbocycles. The molecule has 2 atom stereocenters. The zero-order valence-corrected chi connectivity index (χ0v) is 18.0. The number of ether oxygens (including phenoxy) is 3. The zero-order valence-electron chi connectivity index (χ0n) is 18.0. The van der Waals surface area contributed by atoms with Crippen molar-refractivity contribution in [2.75, 3.05) is 40.5 Å². The third-order valence-corrected chi connectivity index (χ3v) is 5.92. The summed E-state index contributed by atoms with van der Waals surface area (Å²) in [5, 5.41) is 4.54. The van der Waals surface area contributed by atoms with E-state index in [1.54, 1.807) is 14.2 Å². The van der Waals surface area contributed by atoms with Crippen molar-refractivity contribution in [2.45, 2.75) is 50.6 Å². The Morgan fingerprint density at radius 2 is 2.07 bits per heavy atom. The van der Waals surface area contributed by atoms with Gasteiger partial charge in [0, 0.05) is 70.1 Å². The maximum atomic E-state index is 13.4. The lowest BCUT2D eigenvalue weighted by Gasteiger charge is -2.33. The fourth-order valence-corrected chi connectivity index (χ4v) is 4.29. The molecule has 2 fully saturated rings. The third kappa shape index (κ3) is 4.86. The number of fused-ring (bicyclic) bond motifs is 1. The molecule has 7 heteroatoms. The van der Waals surface area contributed by atoms with Gasteiger partial charge in [0.25, 0.3) is 5.91 Å². The Morgan fingerprint density at radius 1 is 1.23 bits per heavy atom. The summed E-state index contributed by atoms with van der Waals surface area (Å²) < 4.78 is 18.8. The zero-order chi connectivity index (χ0) is 20.9. The minimum atomic E-state index is -0.449. The van der Waals surface area contributed by atoms with Crippen LogP contribution in [0.5, 0.6) is 0 Å². The monoisotopic (exact) mass is 415 g/mol. The number of carbonyl (C=O) groups is 1. The van der Waals surface area contributed by atoms with E-state index in [0.717, 1.165) is 39.0 Å². The van der Waals surface area contributed by atoms with E-state index in [9.17, 15) is 4.79 Å². The van der Waals surface area contributed by atoms with Crippen LogP contribution in [0.25, 0.3) is 10.9 Å². The van der Waals surface area contributed by atoms with Gasteiger partial charge in [0.2, 0.25) is 0 Å². The molecule has 1 aromatic carbocycles. The van der Waals surface area contributed by atoms with Crippen molar-refractivity contribution < 1.29 is 19.0 Å². The Hall–Kier alpha value is -1.93. The molecule has 1 aromatic heterocycles. The number of amides is 1. The average Bonchev–Trinajstić information content (AvgIpc) is 3.55. The molecule has 0 unspecified atom stereocenters. The van der Waals surface area contributed by atoms with E-state index in [1.165, 1.54) is 16.5 Å². The van der Waals surface area contributed by atoms with Gasteiger partial charge in [0.15, 0.2) is 0 Å². The van der Waals surface area contributed by atoms with Crippen LogP contribution in [-0.2, 0) is 32.1 Å². The molecule has 4 rings (SSSR count). The molecule has 2 aliphatic rings. The van der Waals surface area contributed by atoms with Crippen LogP contribution in [0.4, 0.5) is 0 Å². The molecule has 1 saturated carbocycles. The first kappa shape index (κ1) is 21.3. The normalized spacial score (nSPS) is 21.8. The maximum Gasteiger partial charge on any atom is 0.253 e. The molecule has 1 amide bonds. The molecule has 164 valence electrons. The lowest BCUT2D eigenvalue weighted by atomic mass is 10.1. The molecule has 1 aliphatic heterocycles. The lowest BCUT2D eigenvalue weighted by Crippen LogP contribution is -2.53. The van der Waals surface area contributed by atoms with Crippen molar-refractivity contribution in [1.29, 1.82) is 0 Å². The quantitative estimate of drug-likeness (QED) is 0.603. The topological polar surface area (TPSA) is 65.0 Å². The van der Waals surface area contributed by atoms with Crippen molar-refractivity contribution in [3.8, 4) is 0 Å². The Morgan fingerprint density at radius 3 is 2.83 bits per heavy atom. The van der Waals surface area contributed by atoms with Crippen molar-refractivity contribution in [2.24, 2.45) is 0 Å². The van der Waals surface area contributed by atoms with E-state index < -0.39 is 6.10 Å². The van der Waals surface area contributed by atoms with Crippen LogP contribution in [0.15, 0.2) is 30.5 Å².